The molecule has 0 aliphatic heterocycles. The molecule has 0 amide bonds. The van der Waals surface area contributed by atoms with Crippen molar-refractivity contribution in [1.82, 2.24) is 5.32 Å². The Morgan fingerprint density at radius 3 is 2.46 bits per heavy atom. The van der Waals surface area contributed by atoms with Gasteiger partial charge in [0.1, 0.15) is 0 Å². The van der Waals surface area contributed by atoms with Crippen molar-refractivity contribution in [2.24, 2.45) is 0 Å². The summed E-state index contributed by atoms with van der Waals surface area (Å²) in [6, 6.07) is 0. The number of allylic oxidation sites excluding steroid dienone is 4. The van der Waals surface area contributed by atoms with Gasteiger partial charge in [0, 0.05) is 7.05 Å². The maximum atomic E-state index is 3.59. The van der Waals surface area contributed by atoms with Crippen LogP contribution in [-0.4, -0.2) is 7.05 Å². The molecular formula is C12H19N. The van der Waals surface area contributed by atoms with Crippen molar-refractivity contribution in [3.05, 3.63) is 41.8 Å². The van der Waals surface area contributed by atoms with Crippen LogP contribution in [0.1, 0.15) is 26.7 Å². The second-order valence-corrected chi connectivity index (χ2v) is 2.71. The van der Waals surface area contributed by atoms with Crippen molar-refractivity contribution in [3.63, 3.8) is 0 Å². The Hall–Kier alpha value is -1.20. The van der Waals surface area contributed by atoms with Crippen LogP contribution in [0.15, 0.2) is 41.8 Å². The second-order valence-electron chi connectivity index (χ2n) is 2.71. The van der Waals surface area contributed by atoms with E-state index in [1.165, 1.54) is 5.57 Å². The third-order valence-corrected chi connectivity index (χ3v) is 1.80. The molecule has 0 unspecified atom stereocenters. The van der Waals surface area contributed by atoms with Crippen molar-refractivity contribution in [3.8, 4) is 0 Å². The lowest BCUT2D eigenvalue weighted by Gasteiger charge is -1.98. The molecule has 0 saturated carbocycles. The first-order valence-electron chi connectivity index (χ1n) is 4.73. The first-order valence-corrected chi connectivity index (χ1v) is 4.73. The first kappa shape index (κ1) is 11.8. The molecule has 1 heteroatoms. The molecule has 0 radical (unpaired) electrons. The Morgan fingerprint density at radius 2 is 2.08 bits per heavy atom. The van der Waals surface area contributed by atoms with Gasteiger partial charge in [-0.25, -0.2) is 0 Å². The first-order chi connectivity index (χ1) is 6.28. The minimum atomic E-state index is 0.926. The smallest absolute Gasteiger partial charge is 0.0765 e. The van der Waals surface area contributed by atoms with Gasteiger partial charge in [-0.1, -0.05) is 38.2 Å². The summed E-state index contributed by atoms with van der Waals surface area (Å²) in [5.74, 6) is 0. The van der Waals surface area contributed by atoms with Crippen LogP contribution in [0, 0.1) is 0 Å². The van der Waals surface area contributed by atoms with Crippen LogP contribution < -0.4 is 5.32 Å². The minimum absolute atomic E-state index is 0.926. The van der Waals surface area contributed by atoms with E-state index in [0.717, 1.165) is 18.5 Å². The molecule has 0 aliphatic rings. The highest BCUT2D eigenvalue weighted by atomic mass is 14.8. The van der Waals surface area contributed by atoms with E-state index in [9.17, 15) is 0 Å². The average Bonchev–Trinajstić information content (AvgIpc) is 2.17. The van der Waals surface area contributed by atoms with Crippen LogP contribution in [0.2, 0.25) is 0 Å². The topological polar surface area (TPSA) is 12.0 Å². The summed E-state index contributed by atoms with van der Waals surface area (Å²) in [4.78, 5) is 0. The summed E-state index contributed by atoms with van der Waals surface area (Å²) < 4.78 is 0. The van der Waals surface area contributed by atoms with E-state index in [1.807, 2.05) is 13.1 Å². The lowest BCUT2D eigenvalue weighted by molar-refractivity contribution is 1.03. The van der Waals surface area contributed by atoms with E-state index in [0.29, 0.717) is 0 Å². The largest absolute Gasteiger partial charge is 0.382 e. The molecule has 0 spiro atoms. The Labute approximate surface area is 81.5 Å². The zero-order valence-electron chi connectivity index (χ0n) is 8.85. The van der Waals surface area contributed by atoms with Crippen LogP contribution in [0.25, 0.3) is 0 Å². The number of hydrogen-bond acceptors (Lipinski definition) is 1. The molecule has 1 nitrogen and oxygen atoms in total. The lowest BCUT2D eigenvalue weighted by Crippen LogP contribution is -2.01. The zero-order valence-corrected chi connectivity index (χ0v) is 8.85. The molecule has 0 aliphatic carbocycles. The maximum absolute atomic E-state index is 3.59. The van der Waals surface area contributed by atoms with Gasteiger partial charge < -0.3 is 5.32 Å². The highest BCUT2D eigenvalue weighted by Gasteiger charge is 1.87. The molecule has 0 bridgehead atoms. The van der Waals surface area contributed by atoms with E-state index >= 15 is 0 Å². The normalized spacial score (nSPS) is 11.5. The molecule has 0 saturated heterocycles. The summed E-state index contributed by atoms with van der Waals surface area (Å²) in [6.45, 7) is 7.89. The maximum Gasteiger partial charge on any atom is 0.0765 e. The highest BCUT2D eigenvalue weighted by Crippen LogP contribution is 2.05. The Bertz CT molecular complexity index is 240. The fraction of sp³-hybridized carbons (Fsp3) is 0.417. The van der Waals surface area contributed by atoms with E-state index in [2.05, 4.69) is 43.6 Å². The predicted molar refractivity (Wildman–Crippen MR) is 59.5 cm³/mol. The second kappa shape index (κ2) is 7.45. The molecule has 0 aromatic rings. The molecule has 0 aromatic heterocycles. The van der Waals surface area contributed by atoms with Crippen molar-refractivity contribution < 1.29 is 0 Å². The van der Waals surface area contributed by atoms with Gasteiger partial charge in [0.05, 0.1) is 5.70 Å². The minimum Gasteiger partial charge on any atom is -0.382 e. The van der Waals surface area contributed by atoms with Gasteiger partial charge in [-0.15, -0.1) is 5.73 Å². The zero-order chi connectivity index (χ0) is 10.1. The molecule has 0 fully saturated rings. The molecule has 72 valence electrons. The van der Waals surface area contributed by atoms with Crippen molar-refractivity contribution in [1.29, 1.82) is 0 Å². The van der Waals surface area contributed by atoms with Gasteiger partial charge in [-0.3, -0.25) is 0 Å². The van der Waals surface area contributed by atoms with Crippen LogP contribution in [0.5, 0.6) is 0 Å². The molecule has 0 heterocycles. The third-order valence-electron chi connectivity index (χ3n) is 1.80. The number of hydrogen-bond donors (Lipinski definition) is 1. The highest BCUT2D eigenvalue weighted by molar-refractivity contribution is 5.25. The van der Waals surface area contributed by atoms with Crippen molar-refractivity contribution in [2.45, 2.75) is 26.7 Å². The van der Waals surface area contributed by atoms with E-state index < -0.39 is 0 Å². The monoisotopic (exact) mass is 177 g/mol. The molecule has 1 N–H and O–H groups in total. The standard InChI is InChI=1S/C12H19N/c1-5-8-11(6-2)9-10-12(7-3)13-4/h8-10,13H,3,5-6H2,1-2,4H3/b10-9-,11-8-. The summed E-state index contributed by atoms with van der Waals surface area (Å²) in [7, 11) is 1.87. The van der Waals surface area contributed by atoms with Crippen LogP contribution in [0.3, 0.4) is 0 Å². The van der Waals surface area contributed by atoms with E-state index in [-0.39, 0.29) is 0 Å². The van der Waals surface area contributed by atoms with Gasteiger partial charge in [0.15, 0.2) is 0 Å². The fourth-order valence-electron chi connectivity index (χ4n) is 1.01. The SMILES string of the molecule is C=C=C(/C=C\C(=C/CC)CC)NC. The molecule has 0 atom stereocenters. The van der Waals surface area contributed by atoms with Crippen molar-refractivity contribution in [2.75, 3.05) is 7.05 Å². The summed E-state index contributed by atoms with van der Waals surface area (Å²) in [6.07, 6.45) is 8.48. The van der Waals surface area contributed by atoms with Crippen LogP contribution in [0.4, 0.5) is 0 Å². The summed E-state index contributed by atoms with van der Waals surface area (Å²) in [5.41, 5.74) is 5.09. The van der Waals surface area contributed by atoms with Gasteiger partial charge in [0.2, 0.25) is 0 Å². The van der Waals surface area contributed by atoms with E-state index in [4.69, 9.17) is 0 Å². The number of rotatable bonds is 5. The molecule has 0 aromatic carbocycles. The number of likely N-dealkylation sites (N-methyl/N-ethyl adjacent to an activating group) is 1. The fourth-order valence-corrected chi connectivity index (χ4v) is 1.01. The third kappa shape index (κ3) is 5.10. The van der Waals surface area contributed by atoms with E-state index in [1.54, 1.807) is 0 Å². The molecular weight excluding hydrogens is 158 g/mol. The Balaban J connectivity index is 4.39. The Kier molecular flexibility index (Phi) is 6.76. The van der Waals surface area contributed by atoms with Crippen LogP contribution >= 0.6 is 0 Å². The molecule has 13 heavy (non-hydrogen) atoms. The van der Waals surface area contributed by atoms with Gasteiger partial charge in [-0.05, 0) is 18.9 Å². The average molecular weight is 177 g/mol. The van der Waals surface area contributed by atoms with Gasteiger partial charge >= 0.3 is 0 Å². The predicted octanol–water partition coefficient (Wildman–Crippen LogP) is 3.18. The molecule has 0 rings (SSSR count). The van der Waals surface area contributed by atoms with Gasteiger partial charge in [0.25, 0.3) is 0 Å². The Morgan fingerprint density at radius 1 is 1.38 bits per heavy atom. The summed E-state index contributed by atoms with van der Waals surface area (Å²) >= 11 is 0. The summed E-state index contributed by atoms with van der Waals surface area (Å²) in [5, 5.41) is 3.00. The van der Waals surface area contributed by atoms with Gasteiger partial charge in [-0.2, -0.15) is 0 Å². The van der Waals surface area contributed by atoms with Crippen molar-refractivity contribution >= 4 is 0 Å². The quantitative estimate of drug-likeness (QED) is 0.502. The lowest BCUT2D eigenvalue weighted by atomic mass is 10.1. The van der Waals surface area contributed by atoms with Crippen LogP contribution in [-0.2, 0) is 0 Å². The number of nitrogens with one attached hydrogen (secondary N) is 1.